The van der Waals surface area contributed by atoms with Crippen molar-refractivity contribution >= 4 is 14.4 Å². The molecule has 98 valence electrons. The Hall–Kier alpha value is -1.29. The first-order chi connectivity index (χ1) is 8.61. The van der Waals surface area contributed by atoms with Crippen molar-refractivity contribution in [3.8, 4) is 0 Å². The van der Waals surface area contributed by atoms with Crippen LogP contribution in [0.15, 0.2) is 24.3 Å². The first-order valence-corrected chi connectivity index (χ1v) is 6.37. The van der Waals surface area contributed by atoms with E-state index in [-0.39, 0.29) is 24.3 Å². The second-order valence-electron chi connectivity index (χ2n) is 3.39. The van der Waals surface area contributed by atoms with Crippen molar-refractivity contribution in [3.05, 3.63) is 35.4 Å². The van der Waals surface area contributed by atoms with Gasteiger partial charge in [-0.15, -0.1) is 0 Å². The Balaban J connectivity index is 3.36. The Morgan fingerprint density at radius 3 is 2.28 bits per heavy atom. The Kier molecular flexibility index (Phi) is 5.41. The number of benzene rings is 1. The van der Waals surface area contributed by atoms with Crippen LogP contribution in [0.4, 0.5) is 0 Å². The van der Waals surface area contributed by atoms with E-state index in [9.17, 15) is 9.36 Å². The van der Waals surface area contributed by atoms with E-state index in [1.165, 1.54) is 6.07 Å². The quantitative estimate of drug-likeness (QED) is 0.609. The summed E-state index contributed by atoms with van der Waals surface area (Å²) in [5.74, 6) is -1.11. The van der Waals surface area contributed by atoms with Crippen LogP contribution in [-0.4, -0.2) is 24.3 Å². The lowest BCUT2D eigenvalue weighted by atomic mass is 10.1. The van der Waals surface area contributed by atoms with Crippen LogP contribution in [0.2, 0.25) is 0 Å². The zero-order valence-corrected chi connectivity index (χ0v) is 11.1. The lowest BCUT2D eigenvalue weighted by Gasteiger charge is -2.27. The third-order valence-corrected chi connectivity index (χ3v) is 3.04. The second-order valence-corrected chi connectivity index (χ2v) is 4.16. The molecule has 5 nitrogen and oxygen atoms in total. The molecule has 0 aromatic heterocycles. The van der Waals surface area contributed by atoms with Gasteiger partial charge in [-0.3, -0.25) is 4.57 Å². The van der Waals surface area contributed by atoms with E-state index in [1.54, 1.807) is 32.0 Å². The number of carbonyl (C=O) groups is 1. The third-order valence-electron chi connectivity index (χ3n) is 2.30. The van der Waals surface area contributed by atoms with Crippen LogP contribution in [-0.2, 0) is 19.6 Å². The topological polar surface area (TPSA) is 72.8 Å². The van der Waals surface area contributed by atoms with Gasteiger partial charge < -0.3 is 14.6 Å². The van der Waals surface area contributed by atoms with Crippen molar-refractivity contribution in [2.24, 2.45) is 0 Å². The first-order valence-electron chi connectivity index (χ1n) is 5.56. The molecule has 0 fully saturated rings. The van der Waals surface area contributed by atoms with E-state index in [4.69, 9.17) is 14.6 Å². The minimum absolute atomic E-state index is 0.0164. The molecule has 0 spiro atoms. The number of ether oxygens (including phenoxy) is 2. The molecule has 0 aliphatic carbocycles. The summed E-state index contributed by atoms with van der Waals surface area (Å²) in [6, 6.07) is 6.21. The molecule has 0 saturated carbocycles. The standard InChI is InChI=1S/C12H15O5P/c1-3-16-12(18-15,17-4-2)10-8-6-5-7-9(10)11(13)14/h5-8H,3-4H2,1-2H3,(H,13,14). The van der Waals surface area contributed by atoms with Gasteiger partial charge in [0, 0.05) is 18.8 Å². The highest BCUT2D eigenvalue weighted by molar-refractivity contribution is 7.24. The van der Waals surface area contributed by atoms with Gasteiger partial charge in [0.1, 0.15) is 0 Å². The molecular formula is C12H15O5P. The van der Waals surface area contributed by atoms with Crippen LogP contribution in [0.1, 0.15) is 29.8 Å². The molecule has 0 heterocycles. The van der Waals surface area contributed by atoms with Gasteiger partial charge in [0.2, 0.25) is 8.46 Å². The Bertz CT molecular complexity index is 426. The highest BCUT2D eigenvalue weighted by Gasteiger charge is 2.38. The van der Waals surface area contributed by atoms with Crippen molar-refractivity contribution in [2.75, 3.05) is 13.2 Å². The zero-order valence-electron chi connectivity index (χ0n) is 10.3. The van der Waals surface area contributed by atoms with E-state index in [2.05, 4.69) is 0 Å². The largest absolute Gasteiger partial charge is 0.478 e. The van der Waals surface area contributed by atoms with E-state index in [1.807, 2.05) is 0 Å². The van der Waals surface area contributed by atoms with E-state index in [0.717, 1.165) is 0 Å². The fourth-order valence-corrected chi connectivity index (χ4v) is 2.29. The van der Waals surface area contributed by atoms with Gasteiger partial charge in [-0.2, -0.15) is 0 Å². The maximum Gasteiger partial charge on any atom is 0.336 e. The number of hydrogen-bond donors (Lipinski definition) is 1. The highest BCUT2D eigenvalue weighted by atomic mass is 31.1. The van der Waals surface area contributed by atoms with Crippen molar-refractivity contribution in [1.29, 1.82) is 0 Å². The van der Waals surface area contributed by atoms with Crippen LogP contribution in [0.25, 0.3) is 0 Å². The lowest BCUT2D eigenvalue weighted by Crippen LogP contribution is -2.29. The molecule has 1 N–H and O–H groups in total. The fourth-order valence-electron chi connectivity index (χ4n) is 1.64. The number of rotatable bonds is 7. The predicted octanol–water partition coefficient (Wildman–Crippen LogP) is 2.86. The molecular weight excluding hydrogens is 255 g/mol. The number of carboxylic acids is 1. The smallest absolute Gasteiger partial charge is 0.336 e. The number of carboxylic acid groups (broad SMARTS) is 1. The molecule has 1 aromatic rings. The fraction of sp³-hybridized carbons (Fsp3) is 0.417. The van der Waals surface area contributed by atoms with E-state index >= 15 is 0 Å². The van der Waals surface area contributed by atoms with Crippen molar-refractivity contribution in [3.63, 3.8) is 0 Å². The second kappa shape index (κ2) is 6.59. The average Bonchev–Trinajstić information content (AvgIpc) is 2.38. The number of hydrogen-bond acceptors (Lipinski definition) is 4. The average molecular weight is 270 g/mol. The van der Waals surface area contributed by atoms with Crippen molar-refractivity contribution in [2.45, 2.75) is 19.4 Å². The van der Waals surface area contributed by atoms with Gasteiger partial charge in [-0.1, -0.05) is 18.2 Å². The summed E-state index contributed by atoms with van der Waals surface area (Å²) in [6.45, 7) is 3.96. The molecule has 0 bridgehead atoms. The molecule has 0 unspecified atom stereocenters. The van der Waals surface area contributed by atoms with Crippen LogP contribution < -0.4 is 0 Å². The molecule has 1 rings (SSSR count). The molecule has 1 aromatic carbocycles. The van der Waals surface area contributed by atoms with E-state index in [0.29, 0.717) is 0 Å². The summed E-state index contributed by atoms with van der Waals surface area (Å²) in [5.41, 5.74) is -1.29. The Labute approximate surface area is 107 Å². The molecule has 6 heteroatoms. The van der Waals surface area contributed by atoms with Crippen LogP contribution in [0, 0.1) is 0 Å². The summed E-state index contributed by atoms with van der Waals surface area (Å²) in [5, 5.41) is 9.14. The van der Waals surface area contributed by atoms with Crippen LogP contribution in [0.5, 0.6) is 0 Å². The van der Waals surface area contributed by atoms with Gasteiger partial charge in [0.05, 0.1) is 5.56 Å². The monoisotopic (exact) mass is 270 g/mol. The minimum atomic E-state index is -1.56. The van der Waals surface area contributed by atoms with Gasteiger partial charge in [0.25, 0.3) is 5.53 Å². The molecule has 18 heavy (non-hydrogen) atoms. The summed E-state index contributed by atoms with van der Waals surface area (Å²) in [6.07, 6.45) is 0. The maximum atomic E-state index is 11.4. The van der Waals surface area contributed by atoms with Gasteiger partial charge in [-0.25, -0.2) is 4.79 Å². The first kappa shape index (κ1) is 14.8. The molecule has 0 amide bonds. The Morgan fingerprint density at radius 2 is 1.83 bits per heavy atom. The van der Waals surface area contributed by atoms with Crippen LogP contribution >= 0.6 is 8.46 Å². The van der Waals surface area contributed by atoms with Crippen molar-refractivity contribution < 1.29 is 23.9 Å². The van der Waals surface area contributed by atoms with Gasteiger partial charge >= 0.3 is 5.97 Å². The third kappa shape index (κ3) is 2.93. The highest BCUT2D eigenvalue weighted by Crippen LogP contribution is 2.39. The normalized spacial score (nSPS) is 11.7. The van der Waals surface area contributed by atoms with Crippen molar-refractivity contribution in [1.82, 2.24) is 0 Å². The Morgan fingerprint density at radius 1 is 1.28 bits per heavy atom. The van der Waals surface area contributed by atoms with Crippen LogP contribution in [0.3, 0.4) is 0 Å². The summed E-state index contributed by atoms with van der Waals surface area (Å²) < 4.78 is 22.2. The minimum Gasteiger partial charge on any atom is -0.478 e. The summed E-state index contributed by atoms with van der Waals surface area (Å²) in [7, 11) is -0.433. The molecule has 0 aliphatic rings. The summed E-state index contributed by atoms with van der Waals surface area (Å²) in [4.78, 5) is 11.2. The zero-order chi connectivity index (χ0) is 13.6. The molecule has 0 radical (unpaired) electrons. The molecule has 0 saturated heterocycles. The maximum absolute atomic E-state index is 11.4. The number of aromatic carboxylic acids is 1. The lowest BCUT2D eigenvalue weighted by molar-refractivity contribution is -0.177. The molecule has 0 atom stereocenters. The SMILES string of the molecule is CCOC(OCC)(P=O)c1ccccc1C(=O)O. The predicted molar refractivity (Wildman–Crippen MR) is 65.9 cm³/mol. The van der Waals surface area contributed by atoms with E-state index < -0.39 is 20.0 Å². The summed E-state index contributed by atoms with van der Waals surface area (Å²) >= 11 is 0. The van der Waals surface area contributed by atoms with Gasteiger partial charge in [-0.05, 0) is 19.9 Å². The van der Waals surface area contributed by atoms with Gasteiger partial charge in [0.15, 0.2) is 0 Å². The molecule has 0 aliphatic heterocycles.